The normalized spacial score (nSPS) is 22.7. The number of methoxy groups -OCH3 is 1. The van der Waals surface area contributed by atoms with Crippen LogP contribution in [0.4, 0.5) is 0 Å². The molecule has 1 aliphatic rings. The van der Waals surface area contributed by atoms with E-state index in [1.165, 1.54) is 39.2 Å². The van der Waals surface area contributed by atoms with E-state index in [0.717, 1.165) is 10.2 Å². The summed E-state index contributed by atoms with van der Waals surface area (Å²) in [6, 6.07) is 0. The highest BCUT2D eigenvalue weighted by Gasteiger charge is 2.44. The zero-order valence-electron chi connectivity index (χ0n) is 10.5. The fraction of sp³-hybridized carbons (Fsp3) is 0.917. The lowest BCUT2D eigenvalue weighted by Gasteiger charge is -2.40. The topological polar surface area (TPSA) is 26.3 Å². The van der Waals surface area contributed by atoms with Gasteiger partial charge in [0.15, 0.2) is 0 Å². The van der Waals surface area contributed by atoms with E-state index in [-0.39, 0.29) is 11.0 Å². The quantitative estimate of drug-likeness (QED) is 0.545. The Hall–Kier alpha value is -0.313. The van der Waals surface area contributed by atoms with Crippen LogP contribution in [0.2, 0.25) is 5.04 Å². The summed E-state index contributed by atoms with van der Waals surface area (Å²) in [5.41, 5.74) is 0. The largest absolute Gasteiger partial charge is 0.469 e. The molecule has 0 radical (unpaired) electrons. The molecular weight excluding hydrogens is 204 g/mol. The molecule has 0 bridgehead atoms. The van der Waals surface area contributed by atoms with Crippen molar-refractivity contribution in [1.82, 2.24) is 0 Å². The zero-order valence-corrected chi connectivity index (χ0v) is 12.5. The minimum absolute atomic E-state index is 0.0380. The Kier molecular flexibility index (Phi) is 4.38. The molecule has 0 heterocycles. The van der Waals surface area contributed by atoms with Crippen molar-refractivity contribution in [2.24, 2.45) is 11.8 Å². The lowest BCUT2D eigenvalue weighted by atomic mass is 9.74. The van der Waals surface area contributed by atoms with E-state index >= 15 is 0 Å². The van der Waals surface area contributed by atoms with Crippen molar-refractivity contribution in [2.45, 2.75) is 51.0 Å². The van der Waals surface area contributed by atoms with E-state index < -0.39 is 0 Å². The van der Waals surface area contributed by atoms with Crippen LogP contribution in [0.3, 0.4) is 0 Å². The van der Waals surface area contributed by atoms with E-state index in [1.807, 2.05) is 0 Å². The molecule has 1 aliphatic carbocycles. The first-order valence-corrected chi connectivity index (χ1v) is 7.12. The molecule has 2 nitrogen and oxygen atoms in total. The van der Waals surface area contributed by atoms with E-state index in [1.54, 1.807) is 0 Å². The van der Waals surface area contributed by atoms with Gasteiger partial charge in [0.05, 0.1) is 12.1 Å². The molecule has 1 atom stereocenters. The summed E-state index contributed by atoms with van der Waals surface area (Å²) in [7, 11) is 2.44. The van der Waals surface area contributed by atoms with Crippen LogP contribution < -0.4 is 0 Å². The molecule has 3 heteroatoms. The number of carbonyl (C=O) groups excluding carboxylic acids is 1. The molecule has 0 amide bonds. The number of hydrogen-bond donors (Lipinski definition) is 0. The smallest absolute Gasteiger partial charge is 0.308 e. The Labute approximate surface area is 96.2 Å². The minimum atomic E-state index is -0.144. The Bertz CT molecular complexity index is 222. The molecule has 0 aromatic rings. The van der Waals surface area contributed by atoms with Crippen molar-refractivity contribution >= 4 is 16.2 Å². The third kappa shape index (κ3) is 2.44. The van der Waals surface area contributed by atoms with Crippen LogP contribution in [0, 0.1) is 11.8 Å². The molecule has 15 heavy (non-hydrogen) atoms. The van der Waals surface area contributed by atoms with Crippen LogP contribution in [-0.4, -0.2) is 23.3 Å². The highest BCUT2D eigenvalue weighted by molar-refractivity contribution is 6.27. The van der Waals surface area contributed by atoms with Gasteiger partial charge in [-0.25, -0.2) is 0 Å². The monoisotopic (exact) mass is 228 g/mol. The van der Waals surface area contributed by atoms with Gasteiger partial charge < -0.3 is 4.74 Å². The molecule has 0 spiro atoms. The summed E-state index contributed by atoms with van der Waals surface area (Å²) in [6.45, 7) is 4.33. The molecule has 1 fully saturated rings. The minimum Gasteiger partial charge on any atom is -0.469 e. The summed E-state index contributed by atoms with van der Waals surface area (Å²) in [5.74, 6) is 1.03. The molecule has 88 valence electrons. The predicted molar refractivity (Wildman–Crippen MR) is 66.1 cm³/mol. The van der Waals surface area contributed by atoms with Crippen LogP contribution in [0.25, 0.3) is 0 Å². The zero-order chi connectivity index (χ0) is 11.5. The van der Waals surface area contributed by atoms with Crippen LogP contribution >= 0.6 is 0 Å². The summed E-state index contributed by atoms with van der Waals surface area (Å²) in [5, 5.41) is -0.144. The number of ether oxygens (including phenoxy) is 1. The predicted octanol–water partition coefficient (Wildman–Crippen LogP) is 1.92. The molecule has 0 saturated heterocycles. The molecule has 0 aromatic carbocycles. The van der Waals surface area contributed by atoms with Gasteiger partial charge >= 0.3 is 5.97 Å². The summed E-state index contributed by atoms with van der Waals surface area (Å²) >= 11 is 0. The van der Waals surface area contributed by atoms with Crippen LogP contribution in [0.15, 0.2) is 0 Å². The maximum absolute atomic E-state index is 12.0. The van der Waals surface area contributed by atoms with Crippen molar-refractivity contribution in [2.75, 3.05) is 7.11 Å². The van der Waals surface area contributed by atoms with Gasteiger partial charge in [-0.05, 0) is 24.7 Å². The van der Waals surface area contributed by atoms with Crippen molar-refractivity contribution in [3.8, 4) is 0 Å². The van der Waals surface area contributed by atoms with Crippen LogP contribution in [0.1, 0.15) is 46.0 Å². The highest BCUT2D eigenvalue weighted by atomic mass is 28.1. The first kappa shape index (κ1) is 12.8. The number of rotatable bonds is 3. The van der Waals surface area contributed by atoms with Gasteiger partial charge in [0.2, 0.25) is 0 Å². The standard InChI is InChI=1S/C12H24O2Si/c1-9(2)12(15,11(13)14-3)10-7-5-4-6-8-10/h9-10H,4-8H2,1-3,15H3. The SMILES string of the molecule is COC(=O)C([SiH3])(C(C)C)C1CCCCC1. The van der Waals surface area contributed by atoms with Crippen molar-refractivity contribution in [3.05, 3.63) is 0 Å². The van der Waals surface area contributed by atoms with Crippen LogP contribution in [0.5, 0.6) is 0 Å². The van der Waals surface area contributed by atoms with E-state index in [9.17, 15) is 4.79 Å². The molecule has 1 unspecified atom stereocenters. The van der Waals surface area contributed by atoms with E-state index in [2.05, 4.69) is 13.8 Å². The Balaban J connectivity index is 2.83. The summed E-state index contributed by atoms with van der Waals surface area (Å²) in [4.78, 5) is 12.0. The molecule has 0 aromatic heterocycles. The van der Waals surface area contributed by atoms with Crippen molar-refractivity contribution in [3.63, 3.8) is 0 Å². The summed E-state index contributed by atoms with van der Waals surface area (Å²) < 4.78 is 5.03. The van der Waals surface area contributed by atoms with Crippen molar-refractivity contribution in [1.29, 1.82) is 0 Å². The van der Waals surface area contributed by atoms with Gasteiger partial charge in [-0.1, -0.05) is 33.1 Å². The molecule has 0 N–H and O–H groups in total. The first-order valence-electron chi connectivity index (χ1n) is 6.12. The maximum atomic E-state index is 12.0. The number of hydrogen-bond acceptors (Lipinski definition) is 2. The molecule has 1 rings (SSSR count). The lowest BCUT2D eigenvalue weighted by molar-refractivity contribution is -0.148. The maximum Gasteiger partial charge on any atom is 0.308 e. The average molecular weight is 228 g/mol. The Morgan fingerprint density at radius 2 is 1.87 bits per heavy atom. The van der Waals surface area contributed by atoms with Crippen molar-refractivity contribution < 1.29 is 9.53 Å². The van der Waals surface area contributed by atoms with Gasteiger partial charge in [-0.2, -0.15) is 0 Å². The molecule has 1 saturated carbocycles. The van der Waals surface area contributed by atoms with Gasteiger partial charge in [0.1, 0.15) is 0 Å². The van der Waals surface area contributed by atoms with Gasteiger partial charge in [0, 0.05) is 10.2 Å². The Morgan fingerprint density at radius 3 is 2.27 bits per heavy atom. The van der Waals surface area contributed by atoms with Gasteiger partial charge in [-0.15, -0.1) is 0 Å². The highest BCUT2D eigenvalue weighted by Crippen LogP contribution is 2.48. The Morgan fingerprint density at radius 1 is 1.33 bits per heavy atom. The fourth-order valence-electron chi connectivity index (χ4n) is 2.80. The van der Waals surface area contributed by atoms with E-state index in [4.69, 9.17) is 4.74 Å². The summed E-state index contributed by atoms with van der Waals surface area (Å²) in [6.07, 6.45) is 6.36. The second kappa shape index (κ2) is 5.15. The number of carbonyl (C=O) groups is 1. The second-order valence-electron chi connectivity index (χ2n) is 5.26. The lowest BCUT2D eigenvalue weighted by Crippen LogP contribution is -2.38. The van der Waals surface area contributed by atoms with E-state index in [0.29, 0.717) is 11.8 Å². The average Bonchev–Trinajstić information content (AvgIpc) is 2.27. The van der Waals surface area contributed by atoms with Crippen LogP contribution in [-0.2, 0) is 9.53 Å². The number of esters is 1. The molecular formula is C12H24O2Si. The second-order valence-corrected chi connectivity index (χ2v) is 6.92. The van der Waals surface area contributed by atoms with Gasteiger partial charge in [-0.3, -0.25) is 4.79 Å². The molecule has 0 aliphatic heterocycles. The van der Waals surface area contributed by atoms with Gasteiger partial charge in [0.25, 0.3) is 0 Å². The first-order chi connectivity index (χ1) is 7.03. The third-order valence-corrected chi connectivity index (χ3v) is 6.66. The third-order valence-electron chi connectivity index (χ3n) is 4.28. The fourth-order valence-corrected chi connectivity index (χ4v) is 3.58.